The van der Waals surface area contributed by atoms with Crippen LogP contribution in [0.4, 0.5) is 0 Å². The van der Waals surface area contributed by atoms with Crippen LogP contribution in [0.15, 0.2) is 36.4 Å². The molecule has 4 aliphatic rings. The SMILES string of the molecule is O=C1CCC2(CCO1)c1cc(C#C[C@H]3O[C@H](CO)[C@@H](O)[C@H](O)[C@@H]3O)ccc1-c1ccc(C#C[C@H]3O[C@H](CCO)[C@@H](O)[C@H](O)[C@@H]3O)cc12. The zero-order valence-electron chi connectivity index (χ0n) is 25.4. The van der Waals surface area contributed by atoms with Gasteiger partial charge in [-0.15, -0.1) is 0 Å². The predicted molar refractivity (Wildman–Crippen MR) is 163 cm³/mol. The molecule has 6 rings (SSSR count). The van der Waals surface area contributed by atoms with Crippen molar-refractivity contribution >= 4 is 5.97 Å². The highest BCUT2D eigenvalue weighted by molar-refractivity contribution is 5.83. The molecule has 0 saturated carbocycles. The monoisotopic (exact) mass is 650 g/mol. The standard InChI is InChI=1S/C35H38O12/c36-13-10-26-31(41)33(43)29(39)24(46-26)7-3-18-1-5-20-21-6-2-19(4-8-25-30(40)34(44)32(42)27(17-37)47-25)16-23(21)35(22(20)15-18)11-9-28(38)45-14-12-35/h1-2,5-6,15-16,24-27,29-34,36-37,39-44H,9-14,17H2/t24-,25-,26-,27-,29-,30-,31-,32-,33-,34-,35?/m1/s1. The summed E-state index contributed by atoms with van der Waals surface area (Å²) in [6.45, 7) is -0.631. The Labute approximate surface area is 271 Å². The van der Waals surface area contributed by atoms with Gasteiger partial charge in [0.25, 0.3) is 0 Å². The lowest BCUT2D eigenvalue weighted by Gasteiger charge is -2.38. The summed E-state index contributed by atoms with van der Waals surface area (Å²) < 4.78 is 16.7. The van der Waals surface area contributed by atoms with Gasteiger partial charge < -0.3 is 55.1 Å². The number of cyclic esters (lactones) is 1. The first-order valence-corrected chi connectivity index (χ1v) is 15.7. The number of carbonyl (C=O) groups is 1. The maximum atomic E-state index is 12.4. The van der Waals surface area contributed by atoms with Crippen molar-refractivity contribution in [2.75, 3.05) is 19.8 Å². The predicted octanol–water partition coefficient (Wildman–Crippen LogP) is -1.54. The molecule has 3 saturated heterocycles. The molecular weight excluding hydrogens is 612 g/mol. The van der Waals surface area contributed by atoms with Gasteiger partial charge >= 0.3 is 5.97 Å². The van der Waals surface area contributed by atoms with Gasteiger partial charge in [0.2, 0.25) is 0 Å². The van der Waals surface area contributed by atoms with E-state index in [4.69, 9.17) is 14.2 Å². The van der Waals surface area contributed by atoms with E-state index in [0.29, 0.717) is 24.0 Å². The number of fused-ring (bicyclic) bond motifs is 5. The van der Waals surface area contributed by atoms with Crippen molar-refractivity contribution in [3.05, 3.63) is 58.7 Å². The average Bonchev–Trinajstić information content (AvgIpc) is 3.17. The number of hydrogen-bond acceptors (Lipinski definition) is 12. The Morgan fingerprint density at radius 3 is 1.77 bits per heavy atom. The summed E-state index contributed by atoms with van der Waals surface area (Å²) in [4.78, 5) is 12.4. The van der Waals surface area contributed by atoms with Crippen molar-refractivity contribution in [2.24, 2.45) is 0 Å². The summed E-state index contributed by atoms with van der Waals surface area (Å²) in [5.74, 6) is 11.4. The second-order valence-electron chi connectivity index (χ2n) is 12.4. The van der Waals surface area contributed by atoms with Crippen LogP contribution in [0.5, 0.6) is 0 Å². The van der Waals surface area contributed by atoms with Crippen LogP contribution in [-0.4, -0.2) is 128 Å². The largest absolute Gasteiger partial charge is 0.466 e. The number of aliphatic hydroxyl groups is 8. The first kappa shape index (κ1) is 33.5. The van der Waals surface area contributed by atoms with Crippen LogP contribution < -0.4 is 0 Å². The molecular formula is C35H38O12. The Hall–Kier alpha value is -3.37. The minimum absolute atomic E-state index is 0.0679. The number of esters is 1. The number of aliphatic hydroxyl groups excluding tert-OH is 8. The number of hydrogen-bond donors (Lipinski definition) is 8. The third kappa shape index (κ3) is 6.19. The van der Waals surface area contributed by atoms with Gasteiger partial charge in [-0.05, 0) is 65.8 Å². The zero-order valence-corrected chi connectivity index (χ0v) is 25.4. The summed E-state index contributed by atoms with van der Waals surface area (Å²) in [6, 6.07) is 11.4. The summed E-state index contributed by atoms with van der Waals surface area (Å²) in [7, 11) is 0. The average molecular weight is 651 g/mol. The minimum atomic E-state index is -1.54. The Morgan fingerprint density at radius 1 is 0.702 bits per heavy atom. The molecule has 3 fully saturated rings. The lowest BCUT2D eigenvalue weighted by molar-refractivity contribution is -0.214. The molecule has 1 spiro atoms. The van der Waals surface area contributed by atoms with E-state index in [1.165, 1.54) is 0 Å². The van der Waals surface area contributed by atoms with Gasteiger partial charge in [0.1, 0.15) is 54.9 Å². The molecule has 2 aromatic carbocycles. The molecule has 11 atom stereocenters. The Bertz CT molecular complexity index is 1620. The molecule has 1 unspecified atom stereocenters. The molecule has 3 aliphatic heterocycles. The van der Waals surface area contributed by atoms with E-state index in [0.717, 1.165) is 22.3 Å². The quantitative estimate of drug-likeness (QED) is 0.141. The van der Waals surface area contributed by atoms with E-state index in [1.807, 2.05) is 36.4 Å². The maximum absolute atomic E-state index is 12.4. The van der Waals surface area contributed by atoms with E-state index >= 15 is 0 Å². The number of carbonyl (C=O) groups excluding carboxylic acids is 1. The van der Waals surface area contributed by atoms with Crippen molar-refractivity contribution in [3.63, 3.8) is 0 Å². The molecule has 250 valence electrons. The second kappa shape index (κ2) is 13.6. The smallest absolute Gasteiger partial charge is 0.305 e. The van der Waals surface area contributed by atoms with Crippen LogP contribution in [0.2, 0.25) is 0 Å². The fourth-order valence-electron chi connectivity index (χ4n) is 7.01. The third-order valence-corrected chi connectivity index (χ3v) is 9.64. The molecule has 3 heterocycles. The van der Waals surface area contributed by atoms with Crippen molar-refractivity contribution < 1.29 is 59.9 Å². The fraction of sp³-hybridized carbons (Fsp3) is 0.514. The lowest BCUT2D eigenvalue weighted by atomic mass is 9.72. The molecule has 8 N–H and O–H groups in total. The van der Waals surface area contributed by atoms with Crippen molar-refractivity contribution in [1.82, 2.24) is 0 Å². The Morgan fingerprint density at radius 2 is 1.23 bits per heavy atom. The molecule has 0 bridgehead atoms. The topological polar surface area (TPSA) is 207 Å². The number of benzene rings is 2. The van der Waals surface area contributed by atoms with E-state index in [2.05, 4.69) is 23.7 Å². The number of rotatable bonds is 3. The van der Waals surface area contributed by atoms with Gasteiger partial charge in [-0.2, -0.15) is 0 Å². The second-order valence-corrected chi connectivity index (χ2v) is 12.4. The molecule has 0 amide bonds. The molecule has 2 aromatic rings. The van der Waals surface area contributed by atoms with E-state index < -0.39 is 73.1 Å². The zero-order chi connectivity index (χ0) is 33.5. The Balaban J connectivity index is 1.33. The van der Waals surface area contributed by atoms with Gasteiger partial charge in [0, 0.05) is 29.6 Å². The summed E-state index contributed by atoms with van der Waals surface area (Å²) in [5, 5.41) is 80.5. The van der Waals surface area contributed by atoms with Crippen LogP contribution in [-0.2, 0) is 24.4 Å². The van der Waals surface area contributed by atoms with Gasteiger partial charge in [0.05, 0.1) is 19.3 Å². The van der Waals surface area contributed by atoms with Gasteiger partial charge in [0.15, 0.2) is 0 Å². The summed E-state index contributed by atoms with van der Waals surface area (Å²) >= 11 is 0. The van der Waals surface area contributed by atoms with Crippen LogP contribution in [0.3, 0.4) is 0 Å². The van der Waals surface area contributed by atoms with Crippen LogP contribution in [0.25, 0.3) is 11.1 Å². The number of ether oxygens (including phenoxy) is 3. The first-order chi connectivity index (χ1) is 22.6. The molecule has 47 heavy (non-hydrogen) atoms. The van der Waals surface area contributed by atoms with Crippen molar-refractivity contribution in [2.45, 2.75) is 92.1 Å². The highest BCUT2D eigenvalue weighted by Gasteiger charge is 2.46. The maximum Gasteiger partial charge on any atom is 0.305 e. The van der Waals surface area contributed by atoms with Crippen molar-refractivity contribution in [1.29, 1.82) is 0 Å². The van der Waals surface area contributed by atoms with Crippen LogP contribution >= 0.6 is 0 Å². The molecule has 12 heteroatoms. The van der Waals surface area contributed by atoms with Crippen molar-refractivity contribution in [3.8, 4) is 34.8 Å². The molecule has 1 aliphatic carbocycles. The molecule has 12 nitrogen and oxygen atoms in total. The fourth-order valence-corrected chi connectivity index (χ4v) is 7.01. The summed E-state index contributed by atoms with van der Waals surface area (Å²) in [5.41, 5.74) is 4.34. The van der Waals surface area contributed by atoms with Gasteiger partial charge in [-0.1, -0.05) is 35.8 Å². The van der Waals surface area contributed by atoms with E-state index in [9.17, 15) is 45.6 Å². The Kier molecular flexibility index (Phi) is 9.72. The highest BCUT2D eigenvalue weighted by atomic mass is 16.5. The molecule has 0 radical (unpaired) electrons. The summed E-state index contributed by atoms with van der Waals surface area (Å²) in [6.07, 6.45) is -11.8. The highest BCUT2D eigenvalue weighted by Crippen LogP contribution is 2.54. The lowest BCUT2D eigenvalue weighted by Crippen LogP contribution is -2.58. The van der Waals surface area contributed by atoms with Crippen LogP contribution in [0, 0.1) is 23.7 Å². The minimum Gasteiger partial charge on any atom is -0.466 e. The normalized spacial score (nSPS) is 36.2. The third-order valence-electron chi connectivity index (χ3n) is 9.64. The van der Waals surface area contributed by atoms with E-state index in [-0.39, 0.29) is 32.0 Å². The van der Waals surface area contributed by atoms with Gasteiger partial charge in [-0.3, -0.25) is 4.79 Å². The first-order valence-electron chi connectivity index (χ1n) is 15.7. The molecule has 0 aromatic heterocycles. The van der Waals surface area contributed by atoms with E-state index in [1.54, 1.807) is 0 Å². The van der Waals surface area contributed by atoms with Gasteiger partial charge in [-0.25, -0.2) is 0 Å². The van der Waals surface area contributed by atoms with Crippen LogP contribution in [0.1, 0.15) is 47.9 Å².